The number of amides is 2. The predicted molar refractivity (Wildman–Crippen MR) is 91.3 cm³/mol. The van der Waals surface area contributed by atoms with Crippen molar-refractivity contribution in [2.75, 3.05) is 12.3 Å². The lowest BCUT2D eigenvalue weighted by molar-refractivity contribution is -0.150. The predicted octanol–water partition coefficient (Wildman–Crippen LogP) is -0.327. The van der Waals surface area contributed by atoms with Crippen molar-refractivity contribution in [1.82, 2.24) is 15.1 Å². The number of β-lactam (4-membered cyclic amide) rings is 1. The van der Waals surface area contributed by atoms with E-state index >= 15 is 0 Å². The van der Waals surface area contributed by atoms with Gasteiger partial charge in [0.2, 0.25) is 5.91 Å². The largest absolute Gasteiger partial charge is 0.477 e. The van der Waals surface area contributed by atoms with Crippen molar-refractivity contribution in [3.63, 3.8) is 0 Å². The highest BCUT2D eigenvalue weighted by Gasteiger charge is 2.53. The van der Waals surface area contributed by atoms with Gasteiger partial charge in [-0.25, -0.2) is 4.79 Å². The fraction of sp³-hybridized carbons (Fsp3) is 0.357. The molecule has 0 spiro atoms. The Hall–Kier alpha value is -1.91. The molecule has 0 aromatic carbocycles. The summed E-state index contributed by atoms with van der Waals surface area (Å²) in [4.78, 5) is 38.8. The number of nitrogens with zero attached hydrogens (tertiary/aromatic N) is 2. The van der Waals surface area contributed by atoms with Crippen LogP contribution in [0.2, 0.25) is 0 Å². The first-order chi connectivity index (χ1) is 11.4. The van der Waals surface area contributed by atoms with Gasteiger partial charge in [-0.15, -0.1) is 11.8 Å². The number of aliphatic carboxylic acids is 1. The van der Waals surface area contributed by atoms with E-state index in [2.05, 4.69) is 11.9 Å². The number of thioether (sulfide) groups is 2. The quantitative estimate of drug-likeness (QED) is 0.565. The Balaban J connectivity index is 1.66. The van der Waals surface area contributed by atoms with E-state index in [0.29, 0.717) is 11.3 Å². The first kappa shape index (κ1) is 16.9. The molecule has 0 saturated carbocycles. The number of nitrogens with one attached hydrogen (secondary N) is 1. The number of hydrogen-bond acceptors (Lipinski definition) is 7. The summed E-state index contributed by atoms with van der Waals surface area (Å²) in [6, 6.07) is -0.723. The Bertz CT molecular complexity index is 678. The molecule has 3 aliphatic rings. The number of carbonyl (C=O) groups excluding carboxylic acids is 2. The molecule has 0 aliphatic carbocycles. The minimum absolute atomic E-state index is 0.0470. The topological polar surface area (TPSA) is 116 Å². The van der Waals surface area contributed by atoms with Crippen LogP contribution in [0.5, 0.6) is 0 Å². The average molecular weight is 368 g/mol. The second-order valence-corrected chi connectivity index (χ2v) is 7.45. The number of allylic oxidation sites excluding steroid dienone is 1. The van der Waals surface area contributed by atoms with Crippen molar-refractivity contribution in [1.29, 1.82) is 0 Å². The van der Waals surface area contributed by atoms with E-state index in [4.69, 9.17) is 5.73 Å². The molecule has 1 fully saturated rings. The molecule has 3 rings (SSSR count). The van der Waals surface area contributed by atoms with Crippen molar-refractivity contribution >= 4 is 41.3 Å². The van der Waals surface area contributed by atoms with Crippen LogP contribution in [0.15, 0.2) is 35.5 Å². The van der Waals surface area contributed by atoms with Gasteiger partial charge in [0.1, 0.15) is 22.6 Å². The maximum atomic E-state index is 12.3. The fourth-order valence-corrected chi connectivity index (χ4v) is 4.71. The van der Waals surface area contributed by atoms with E-state index in [1.807, 2.05) is 0 Å². The van der Waals surface area contributed by atoms with E-state index in [-0.39, 0.29) is 23.6 Å². The molecule has 2 amide bonds. The Labute approximate surface area is 146 Å². The molecule has 0 bridgehead atoms. The summed E-state index contributed by atoms with van der Waals surface area (Å²) in [5.74, 6) is -1.49. The maximum Gasteiger partial charge on any atom is 0.352 e. The van der Waals surface area contributed by atoms with Crippen LogP contribution in [0.4, 0.5) is 0 Å². The standard InChI is InChI=1S/C14H16N4O4S2/c1-2-7-6-24-12-9(11(20)18(12)10(7)13(21)22)16-8(19)5-17-3-4-23-14(17)15/h2-4,9,12,14H,1,5-6,15H2,(H,16,19)(H,21,22)/t9?,12-,14?/m1/s1. The third-order valence-electron chi connectivity index (χ3n) is 3.89. The van der Waals surface area contributed by atoms with Crippen LogP contribution in [0.1, 0.15) is 0 Å². The molecule has 128 valence electrons. The van der Waals surface area contributed by atoms with Gasteiger partial charge >= 0.3 is 5.97 Å². The zero-order valence-electron chi connectivity index (χ0n) is 12.5. The molecule has 1 saturated heterocycles. The van der Waals surface area contributed by atoms with Crippen LogP contribution in [0.25, 0.3) is 0 Å². The summed E-state index contributed by atoms with van der Waals surface area (Å²) in [6.45, 7) is 3.64. The molecule has 2 unspecified atom stereocenters. The van der Waals surface area contributed by atoms with Gasteiger partial charge in [0.25, 0.3) is 5.91 Å². The van der Waals surface area contributed by atoms with Gasteiger partial charge in [-0.2, -0.15) is 0 Å². The van der Waals surface area contributed by atoms with Crippen LogP contribution >= 0.6 is 23.5 Å². The van der Waals surface area contributed by atoms with E-state index in [9.17, 15) is 19.5 Å². The second-order valence-electron chi connectivity index (χ2n) is 5.32. The normalized spacial score (nSPS) is 28.5. The van der Waals surface area contributed by atoms with Gasteiger partial charge in [-0.1, -0.05) is 24.4 Å². The molecule has 3 atom stereocenters. The van der Waals surface area contributed by atoms with Gasteiger partial charge in [-0.3, -0.25) is 14.5 Å². The third kappa shape index (κ3) is 2.80. The molecule has 3 heterocycles. The number of carboxylic acid groups (broad SMARTS) is 1. The number of hydrogen-bond donors (Lipinski definition) is 3. The van der Waals surface area contributed by atoms with Gasteiger partial charge in [0.05, 0.1) is 6.54 Å². The molecule has 10 heteroatoms. The first-order valence-corrected chi connectivity index (χ1v) is 9.09. The van der Waals surface area contributed by atoms with Crippen LogP contribution in [0.3, 0.4) is 0 Å². The Morgan fingerprint density at radius 1 is 1.54 bits per heavy atom. The number of fused-ring (bicyclic) bond motifs is 1. The lowest BCUT2D eigenvalue weighted by Crippen LogP contribution is -2.71. The smallest absolute Gasteiger partial charge is 0.352 e. The van der Waals surface area contributed by atoms with Gasteiger partial charge in [-0.05, 0) is 11.0 Å². The molecule has 0 aromatic heterocycles. The van der Waals surface area contributed by atoms with Crippen LogP contribution in [-0.4, -0.2) is 61.9 Å². The molecule has 0 aromatic rings. The van der Waals surface area contributed by atoms with Crippen molar-refractivity contribution in [3.05, 3.63) is 35.5 Å². The number of rotatable bonds is 5. The summed E-state index contributed by atoms with van der Waals surface area (Å²) in [7, 11) is 0. The SMILES string of the molecule is C=CC1=C(C(=O)O)N2C(=O)C(NC(=O)CN3C=CSC3N)[C@H]2SC1. The van der Waals surface area contributed by atoms with Gasteiger partial charge in [0.15, 0.2) is 0 Å². The first-order valence-electron chi connectivity index (χ1n) is 7.10. The average Bonchev–Trinajstić information content (AvgIpc) is 2.95. The van der Waals surface area contributed by atoms with Crippen molar-refractivity contribution < 1.29 is 19.5 Å². The second kappa shape index (κ2) is 6.54. The van der Waals surface area contributed by atoms with E-state index < -0.39 is 23.3 Å². The number of carbonyl (C=O) groups is 3. The summed E-state index contributed by atoms with van der Waals surface area (Å²) in [5, 5.41) is 13.4. The molecule has 0 radical (unpaired) electrons. The lowest BCUT2D eigenvalue weighted by Gasteiger charge is -2.49. The van der Waals surface area contributed by atoms with E-state index in [1.165, 1.54) is 34.5 Å². The summed E-state index contributed by atoms with van der Waals surface area (Å²) < 4.78 is 0. The summed E-state index contributed by atoms with van der Waals surface area (Å²) in [6.07, 6.45) is 3.17. The van der Waals surface area contributed by atoms with Crippen molar-refractivity contribution in [2.45, 2.75) is 16.9 Å². The Kier molecular flexibility index (Phi) is 4.61. The van der Waals surface area contributed by atoms with Gasteiger partial charge in [0, 0.05) is 12.0 Å². The van der Waals surface area contributed by atoms with Gasteiger partial charge < -0.3 is 21.1 Å². The zero-order chi connectivity index (χ0) is 17.4. The molecule has 4 N–H and O–H groups in total. The monoisotopic (exact) mass is 368 g/mol. The Morgan fingerprint density at radius 2 is 2.29 bits per heavy atom. The number of carboxylic acids is 1. The molecular weight excluding hydrogens is 352 g/mol. The summed E-state index contributed by atoms with van der Waals surface area (Å²) >= 11 is 2.80. The Morgan fingerprint density at radius 3 is 2.88 bits per heavy atom. The molecule has 3 aliphatic heterocycles. The summed E-state index contributed by atoms with van der Waals surface area (Å²) in [5.41, 5.74) is 5.95. The van der Waals surface area contributed by atoms with E-state index in [1.54, 1.807) is 16.5 Å². The van der Waals surface area contributed by atoms with Crippen LogP contribution < -0.4 is 11.1 Å². The van der Waals surface area contributed by atoms with Crippen LogP contribution in [0, 0.1) is 0 Å². The van der Waals surface area contributed by atoms with Crippen molar-refractivity contribution in [3.8, 4) is 0 Å². The van der Waals surface area contributed by atoms with Crippen LogP contribution in [-0.2, 0) is 14.4 Å². The molecular formula is C14H16N4O4S2. The van der Waals surface area contributed by atoms with Crippen molar-refractivity contribution in [2.24, 2.45) is 5.73 Å². The highest BCUT2D eigenvalue weighted by molar-refractivity contribution is 8.02. The fourth-order valence-electron chi connectivity index (χ4n) is 2.68. The highest BCUT2D eigenvalue weighted by atomic mass is 32.2. The highest BCUT2D eigenvalue weighted by Crippen LogP contribution is 2.40. The third-order valence-corrected chi connectivity index (χ3v) is 6.02. The zero-order valence-corrected chi connectivity index (χ0v) is 14.2. The van der Waals surface area contributed by atoms with E-state index in [0.717, 1.165) is 0 Å². The number of nitrogens with two attached hydrogens (primary N) is 1. The lowest BCUT2D eigenvalue weighted by atomic mass is 10.0. The minimum atomic E-state index is -1.17. The molecule has 24 heavy (non-hydrogen) atoms. The minimum Gasteiger partial charge on any atom is -0.477 e. The molecule has 8 nitrogen and oxygen atoms in total. The maximum absolute atomic E-state index is 12.3.